The summed E-state index contributed by atoms with van der Waals surface area (Å²) in [5.74, 6) is -0.669. The number of rotatable bonds is 11. The molecule has 0 bridgehead atoms. The fourth-order valence-corrected chi connectivity index (χ4v) is 4.76. The van der Waals surface area contributed by atoms with Crippen LogP contribution in [0.2, 0.25) is 0 Å². The van der Waals surface area contributed by atoms with E-state index < -0.39 is 28.5 Å². The molecule has 0 spiro atoms. The zero-order valence-corrected chi connectivity index (χ0v) is 23.4. The van der Waals surface area contributed by atoms with E-state index in [-0.39, 0.29) is 18.5 Å². The molecule has 0 unspecified atom stereocenters. The predicted molar refractivity (Wildman–Crippen MR) is 145 cm³/mol. The number of aryl methyl sites for hydroxylation is 1. The van der Waals surface area contributed by atoms with Gasteiger partial charge in [-0.1, -0.05) is 38.1 Å². The van der Waals surface area contributed by atoms with E-state index in [2.05, 4.69) is 27.9 Å². The van der Waals surface area contributed by atoms with Crippen LogP contribution in [0.1, 0.15) is 44.7 Å². The van der Waals surface area contributed by atoms with Gasteiger partial charge in [-0.15, -0.1) is 0 Å². The Morgan fingerprint density at radius 1 is 1.03 bits per heavy atom. The normalized spacial score (nSPS) is 13.1. The molecular weight excluding hydrogens is 565 g/mol. The Morgan fingerprint density at radius 2 is 1.65 bits per heavy atom. The van der Waals surface area contributed by atoms with Gasteiger partial charge in [0.1, 0.15) is 12.6 Å². The Labute approximate surface area is 217 Å². The van der Waals surface area contributed by atoms with Gasteiger partial charge in [-0.25, -0.2) is 8.42 Å². The fraction of sp³-hybridized carbons (Fsp3) is 0.440. The van der Waals surface area contributed by atoms with Gasteiger partial charge in [0, 0.05) is 16.2 Å². The van der Waals surface area contributed by atoms with Gasteiger partial charge >= 0.3 is 0 Å². The summed E-state index contributed by atoms with van der Waals surface area (Å²) in [6.45, 7) is 7.52. The van der Waals surface area contributed by atoms with Crippen LogP contribution in [0.5, 0.6) is 0 Å². The molecule has 0 radical (unpaired) electrons. The summed E-state index contributed by atoms with van der Waals surface area (Å²) in [5.41, 5.74) is 2.31. The number of sulfonamides is 1. The highest BCUT2D eigenvalue weighted by atomic mass is 127. The summed E-state index contributed by atoms with van der Waals surface area (Å²) in [4.78, 5) is 28.3. The van der Waals surface area contributed by atoms with Gasteiger partial charge in [0.15, 0.2) is 0 Å². The second kappa shape index (κ2) is 12.5. The monoisotopic (exact) mass is 599 g/mol. The highest BCUT2D eigenvalue weighted by Gasteiger charge is 2.32. The van der Waals surface area contributed by atoms with Gasteiger partial charge in [0.2, 0.25) is 21.8 Å². The van der Waals surface area contributed by atoms with E-state index in [9.17, 15) is 18.0 Å². The van der Waals surface area contributed by atoms with Crippen molar-refractivity contribution in [3.05, 3.63) is 63.2 Å². The zero-order chi connectivity index (χ0) is 25.5. The first kappa shape index (κ1) is 28.1. The van der Waals surface area contributed by atoms with E-state index in [4.69, 9.17) is 0 Å². The molecule has 34 heavy (non-hydrogen) atoms. The van der Waals surface area contributed by atoms with E-state index in [0.29, 0.717) is 12.1 Å². The molecule has 1 N–H and O–H groups in total. The Morgan fingerprint density at radius 3 is 2.18 bits per heavy atom. The topological polar surface area (TPSA) is 86.8 Å². The van der Waals surface area contributed by atoms with Gasteiger partial charge in [-0.3, -0.25) is 13.9 Å². The Balaban J connectivity index is 2.44. The molecule has 0 aliphatic heterocycles. The van der Waals surface area contributed by atoms with Crippen molar-refractivity contribution < 1.29 is 18.0 Å². The number of carbonyl (C=O) groups excluding carboxylic acids is 2. The van der Waals surface area contributed by atoms with Gasteiger partial charge in [-0.2, -0.15) is 0 Å². The van der Waals surface area contributed by atoms with Crippen molar-refractivity contribution in [3.8, 4) is 0 Å². The quantitative estimate of drug-likeness (QED) is 0.395. The molecule has 186 valence electrons. The first-order valence-corrected chi connectivity index (χ1v) is 14.3. The number of amides is 2. The number of halogens is 1. The third-order valence-corrected chi connectivity index (χ3v) is 7.64. The first-order valence-electron chi connectivity index (χ1n) is 11.4. The second-order valence-corrected chi connectivity index (χ2v) is 11.6. The van der Waals surface area contributed by atoms with Crippen LogP contribution in [-0.2, 0) is 26.2 Å². The molecule has 0 heterocycles. The molecule has 2 amide bonds. The van der Waals surface area contributed by atoms with E-state index >= 15 is 0 Å². The van der Waals surface area contributed by atoms with Gasteiger partial charge in [-0.05, 0) is 84.7 Å². The molecule has 2 aromatic rings. The van der Waals surface area contributed by atoms with Gasteiger partial charge in [0.05, 0.1) is 11.9 Å². The lowest BCUT2D eigenvalue weighted by molar-refractivity contribution is -0.140. The standard InChI is InChI=1S/C25H34IN3O4S/c1-6-19(4)27-25(31)23(7-2)28(16-20-11-9-8-10-18(20)3)24(30)17-29(34(5,32)33)22-14-12-21(26)13-15-22/h8-15,19,23H,6-7,16-17H2,1-5H3,(H,27,31)/t19-,23+/m0/s1. The lowest BCUT2D eigenvalue weighted by Gasteiger charge is -2.33. The molecule has 2 atom stereocenters. The van der Waals surface area contributed by atoms with Gasteiger partial charge in [0.25, 0.3) is 0 Å². The summed E-state index contributed by atoms with van der Waals surface area (Å²) in [6.07, 6.45) is 2.25. The smallest absolute Gasteiger partial charge is 0.244 e. The number of hydrogen-bond donors (Lipinski definition) is 1. The first-order chi connectivity index (χ1) is 16.0. The molecular formula is C25H34IN3O4S. The zero-order valence-electron chi connectivity index (χ0n) is 20.4. The minimum atomic E-state index is -3.73. The molecule has 2 aromatic carbocycles. The lowest BCUT2D eigenvalue weighted by Crippen LogP contribution is -2.53. The largest absolute Gasteiger partial charge is 0.352 e. The molecule has 0 saturated carbocycles. The third kappa shape index (κ3) is 7.69. The summed E-state index contributed by atoms with van der Waals surface area (Å²) in [6, 6.07) is 13.9. The van der Waals surface area contributed by atoms with Crippen molar-refractivity contribution in [2.75, 3.05) is 17.1 Å². The van der Waals surface area contributed by atoms with Crippen LogP contribution in [-0.4, -0.2) is 50.0 Å². The van der Waals surface area contributed by atoms with Crippen molar-refractivity contribution in [3.63, 3.8) is 0 Å². The molecule has 7 nitrogen and oxygen atoms in total. The van der Waals surface area contributed by atoms with E-state index in [1.165, 1.54) is 4.90 Å². The van der Waals surface area contributed by atoms with Crippen LogP contribution in [0.3, 0.4) is 0 Å². The van der Waals surface area contributed by atoms with Crippen molar-refractivity contribution in [1.29, 1.82) is 0 Å². The SMILES string of the molecule is CC[C@H](C(=O)N[C@@H](C)CC)N(Cc1ccccc1C)C(=O)CN(c1ccc(I)cc1)S(C)(=O)=O. The van der Waals surface area contributed by atoms with Crippen LogP contribution in [0.25, 0.3) is 0 Å². The maximum Gasteiger partial charge on any atom is 0.244 e. The van der Waals surface area contributed by atoms with Crippen LogP contribution >= 0.6 is 22.6 Å². The minimum absolute atomic E-state index is 0.0312. The number of nitrogens with zero attached hydrogens (tertiary/aromatic N) is 2. The van der Waals surface area contributed by atoms with Crippen LogP contribution in [0, 0.1) is 10.5 Å². The molecule has 0 aliphatic rings. The van der Waals surface area contributed by atoms with Crippen molar-refractivity contribution in [2.45, 2.75) is 59.2 Å². The molecule has 0 saturated heterocycles. The summed E-state index contributed by atoms with van der Waals surface area (Å²) < 4.78 is 27.3. The second-order valence-electron chi connectivity index (χ2n) is 8.44. The number of hydrogen-bond acceptors (Lipinski definition) is 4. The van der Waals surface area contributed by atoms with Crippen LogP contribution in [0.4, 0.5) is 5.69 Å². The van der Waals surface area contributed by atoms with Crippen molar-refractivity contribution in [2.24, 2.45) is 0 Å². The summed E-state index contributed by atoms with van der Waals surface area (Å²) in [5, 5.41) is 2.97. The van der Waals surface area contributed by atoms with Crippen molar-refractivity contribution >= 4 is 50.1 Å². The van der Waals surface area contributed by atoms with E-state index in [1.54, 1.807) is 24.3 Å². The minimum Gasteiger partial charge on any atom is -0.352 e. The fourth-order valence-electron chi connectivity index (χ4n) is 3.55. The van der Waals surface area contributed by atoms with Crippen molar-refractivity contribution in [1.82, 2.24) is 10.2 Å². The number of carbonyl (C=O) groups is 2. The Bertz CT molecular complexity index is 1090. The summed E-state index contributed by atoms with van der Waals surface area (Å²) in [7, 11) is -3.73. The molecule has 0 aromatic heterocycles. The molecule has 9 heteroatoms. The van der Waals surface area contributed by atoms with E-state index in [0.717, 1.165) is 31.7 Å². The van der Waals surface area contributed by atoms with Gasteiger partial charge < -0.3 is 10.2 Å². The molecule has 2 rings (SSSR count). The van der Waals surface area contributed by atoms with Crippen LogP contribution in [0.15, 0.2) is 48.5 Å². The molecule has 0 fully saturated rings. The highest BCUT2D eigenvalue weighted by Crippen LogP contribution is 2.21. The number of benzene rings is 2. The average Bonchev–Trinajstić information content (AvgIpc) is 2.78. The average molecular weight is 600 g/mol. The van der Waals surface area contributed by atoms with Crippen LogP contribution < -0.4 is 9.62 Å². The lowest BCUT2D eigenvalue weighted by atomic mass is 10.1. The highest BCUT2D eigenvalue weighted by molar-refractivity contribution is 14.1. The maximum absolute atomic E-state index is 13.7. The Kier molecular flexibility index (Phi) is 10.4. The predicted octanol–water partition coefficient (Wildman–Crippen LogP) is 4.09. The number of nitrogens with one attached hydrogen (secondary N) is 1. The maximum atomic E-state index is 13.7. The molecule has 0 aliphatic carbocycles. The number of anilines is 1. The van der Waals surface area contributed by atoms with E-state index in [1.807, 2.05) is 52.0 Å². The third-order valence-electron chi connectivity index (χ3n) is 5.78. The summed E-state index contributed by atoms with van der Waals surface area (Å²) >= 11 is 2.14. The Hall–Kier alpha value is -2.14.